The highest BCUT2D eigenvalue weighted by atomic mass is 16.6. The molecule has 0 spiro atoms. The third kappa shape index (κ3) is 4.28. The molecule has 1 fully saturated rings. The molecule has 4 heterocycles. The Morgan fingerprint density at radius 1 is 1.07 bits per heavy atom. The molecule has 8 heteroatoms. The third-order valence-corrected chi connectivity index (χ3v) is 5.24. The van der Waals surface area contributed by atoms with Gasteiger partial charge in [-0.3, -0.25) is 9.78 Å². The van der Waals surface area contributed by atoms with E-state index in [2.05, 4.69) is 26.7 Å². The molecule has 1 N–H and O–H groups in total. The maximum atomic E-state index is 8.36. The minimum Gasteiger partial charge on any atom is -0.486 e. The summed E-state index contributed by atoms with van der Waals surface area (Å²) in [5.41, 5.74) is 2.31. The minimum absolute atomic E-state index is 0.250. The van der Waals surface area contributed by atoms with Crippen molar-refractivity contribution in [2.45, 2.75) is 12.5 Å². The lowest BCUT2D eigenvalue weighted by Gasteiger charge is -2.22. The van der Waals surface area contributed by atoms with Crippen LogP contribution >= 0.6 is 0 Å². The van der Waals surface area contributed by atoms with Gasteiger partial charge in [0.2, 0.25) is 0 Å². The number of hydrogen-bond donors (Lipinski definition) is 1. The number of rotatable bonds is 4. The second-order valence-electron chi connectivity index (χ2n) is 7.05. The van der Waals surface area contributed by atoms with Gasteiger partial charge in [-0.1, -0.05) is 0 Å². The molecule has 1 saturated heterocycles. The van der Waals surface area contributed by atoms with Crippen LogP contribution in [0.2, 0.25) is 0 Å². The number of aromatic nitrogens is 3. The first-order chi connectivity index (χ1) is 14.8. The summed E-state index contributed by atoms with van der Waals surface area (Å²) in [7, 11) is 0. The monoisotopic (exact) mass is 409 g/mol. The summed E-state index contributed by atoms with van der Waals surface area (Å²) in [5, 5.41) is 6.89. The Balaban J connectivity index is 0.000000687. The summed E-state index contributed by atoms with van der Waals surface area (Å²) in [5.74, 6) is 2.91. The Labute approximate surface area is 174 Å². The number of benzene rings is 1. The van der Waals surface area contributed by atoms with E-state index in [1.54, 1.807) is 0 Å². The van der Waals surface area contributed by atoms with Crippen molar-refractivity contribution in [2.24, 2.45) is 5.92 Å². The molecule has 0 aliphatic carbocycles. The molecule has 2 aliphatic rings. The van der Waals surface area contributed by atoms with Crippen molar-refractivity contribution in [2.75, 3.05) is 26.4 Å². The molecule has 0 unspecified atom stereocenters. The van der Waals surface area contributed by atoms with Crippen LogP contribution in [0, 0.1) is 5.92 Å². The standard InChI is InChI=1S/C21H21N3O3.CH2O2/c1-2-19-20(27-10-9-26-19)12-16(1)21-23-7-8-24(21)18-14-25-13-17(18)11-15-3-5-22-6-4-15;2-1-3/h1-8,12,17-18H,9-11,13-14H2;1H,(H,2,3)/t17-,18+;/m0./s1. The second-order valence-corrected chi connectivity index (χ2v) is 7.05. The van der Waals surface area contributed by atoms with E-state index in [0.717, 1.165) is 35.9 Å². The van der Waals surface area contributed by atoms with Crippen LogP contribution in [0.4, 0.5) is 0 Å². The van der Waals surface area contributed by atoms with E-state index < -0.39 is 0 Å². The van der Waals surface area contributed by atoms with E-state index in [1.165, 1.54) is 5.56 Å². The van der Waals surface area contributed by atoms with Crippen molar-refractivity contribution in [3.05, 3.63) is 60.7 Å². The van der Waals surface area contributed by atoms with Crippen molar-refractivity contribution in [1.82, 2.24) is 14.5 Å². The Morgan fingerprint density at radius 2 is 1.83 bits per heavy atom. The highest BCUT2D eigenvalue weighted by Gasteiger charge is 2.31. The van der Waals surface area contributed by atoms with Gasteiger partial charge in [-0.2, -0.15) is 0 Å². The lowest BCUT2D eigenvalue weighted by atomic mass is 9.95. The summed E-state index contributed by atoms with van der Waals surface area (Å²) in [6, 6.07) is 10.4. The van der Waals surface area contributed by atoms with Crippen LogP contribution in [0.25, 0.3) is 11.4 Å². The van der Waals surface area contributed by atoms with E-state index in [4.69, 9.17) is 24.1 Å². The number of pyridine rings is 1. The van der Waals surface area contributed by atoms with Gasteiger partial charge in [0.15, 0.2) is 11.5 Å². The molecule has 0 bridgehead atoms. The fraction of sp³-hybridized carbons (Fsp3) is 0.318. The fourth-order valence-corrected chi connectivity index (χ4v) is 3.90. The Bertz CT molecular complexity index is 976. The normalized spacial score (nSPS) is 19.6. The van der Waals surface area contributed by atoms with Gasteiger partial charge in [0.25, 0.3) is 6.47 Å². The summed E-state index contributed by atoms with van der Waals surface area (Å²) in [4.78, 5) is 17.1. The van der Waals surface area contributed by atoms with Gasteiger partial charge in [-0.25, -0.2) is 4.98 Å². The van der Waals surface area contributed by atoms with Crippen LogP contribution < -0.4 is 9.47 Å². The topological polar surface area (TPSA) is 95.7 Å². The fourth-order valence-electron chi connectivity index (χ4n) is 3.90. The van der Waals surface area contributed by atoms with Gasteiger partial charge in [0.05, 0.1) is 19.3 Å². The first-order valence-corrected chi connectivity index (χ1v) is 9.77. The summed E-state index contributed by atoms with van der Waals surface area (Å²) < 4.78 is 19.4. The SMILES string of the molecule is O=CO.c1cc(C[C@H]2COC[C@H]2n2ccnc2-c2ccc3c(c2)OCCO3)ccn1. The van der Waals surface area contributed by atoms with E-state index in [-0.39, 0.29) is 12.5 Å². The van der Waals surface area contributed by atoms with E-state index in [0.29, 0.717) is 25.7 Å². The predicted octanol–water partition coefficient (Wildman–Crippen LogP) is 2.85. The molecule has 156 valence electrons. The van der Waals surface area contributed by atoms with E-state index >= 15 is 0 Å². The van der Waals surface area contributed by atoms with E-state index in [9.17, 15) is 0 Å². The first kappa shape index (κ1) is 19.9. The largest absolute Gasteiger partial charge is 0.486 e. The average molecular weight is 409 g/mol. The molecular formula is C22H23N3O5. The smallest absolute Gasteiger partial charge is 0.290 e. The molecule has 2 aliphatic heterocycles. The zero-order chi connectivity index (χ0) is 20.8. The van der Waals surface area contributed by atoms with Crippen LogP contribution in [-0.4, -0.2) is 52.5 Å². The Hall–Kier alpha value is -3.39. The molecule has 2 atom stereocenters. The van der Waals surface area contributed by atoms with Gasteiger partial charge in [0.1, 0.15) is 19.0 Å². The molecule has 2 aromatic heterocycles. The number of carbonyl (C=O) groups is 1. The van der Waals surface area contributed by atoms with Crippen LogP contribution in [0.15, 0.2) is 55.1 Å². The van der Waals surface area contributed by atoms with Gasteiger partial charge in [-0.15, -0.1) is 0 Å². The maximum absolute atomic E-state index is 8.36. The number of ether oxygens (including phenoxy) is 3. The molecule has 8 nitrogen and oxygen atoms in total. The molecule has 1 aromatic carbocycles. The molecule has 30 heavy (non-hydrogen) atoms. The molecule has 3 aromatic rings. The highest BCUT2D eigenvalue weighted by molar-refractivity contribution is 5.62. The Kier molecular flexibility index (Phi) is 6.24. The van der Waals surface area contributed by atoms with Crippen LogP contribution in [0.5, 0.6) is 11.5 Å². The van der Waals surface area contributed by atoms with Crippen molar-refractivity contribution in [1.29, 1.82) is 0 Å². The van der Waals surface area contributed by atoms with Crippen LogP contribution in [0.3, 0.4) is 0 Å². The highest BCUT2D eigenvalue weighted by Crippen LogP contribution is 2.37. The number of nitrogens with zero attached hydrogens (tertiary/aromatic N) is 3. The predicted molar refractivity (Wildman–Crippen MR) is 109 cm³/mol. The summed E-state index contributed by atoms with van der Waals surface area (Å²) in [6.07, 6.45) is 8.56. The number of hydrogen-bond acceptors (Lipinski definition) is 6. The second kappa shape index (κ2) is 9.41. The minimum atomic E-state index is -0.250. The van der Waals surface area contributed by atoms with Crippen molar-refractivity contribution < 1.29 is 24.1 Å². The van der Waals surface area contributed by atoms with Gasteiger partial charge in [-0.05, 0) is 42.3 Å². The zero-order valence-electron chi connectivity index (χ0n) is 16.4. The van der Waals surface area contributed by atoms with Gasteiger partial charge >= 0.3 is 0 Å². The van der Waals surface area contributed by atoms with E-state index in [1.807, 2.05) is 43.0 Å². The molecule has 0 amide bonds. The number of carboxylic acid groups (broad SMARTS) is 1. The molecule has 5 rings (SSSR count). The quantitative estimate of drug-likeness (QED) is 0.662. The molecule has 0 radical (unpaired) electrons. The number of imidazole rings is 1. The van der Waals surface area contributed by atoms with Crippen LogP contribution in [-0.2, 0) is 16.0 Å². The summed E-state index contributed by atoms with van der Waals surface area (Å²) >= 11 is 0. The van der Waals surface area contributed by atoms with Crippen LogP contribution in [0.1, 0.15) is 11.6 Å². The number of fused-ring (bicyclic) bond motifs is 1. The zero-order valence-corrected chi connectivity index (χ0v) is 16.4. The van der Waals surface area contributed by atoms with Crippen molar-refractivity contribution >= 4 is 6.47 Å². The third-order valence-electron chi connectivity index (χ3n) is 5.24. The van der Waals surface area contributed by atoms with Gasteiger partial charge in [0, 0.05) is 36.3 Å². The van der Waals surface area contributed by atoms with Crippen molar-refractivity contribution in [3.8, 4) is 22.9 Å². The average Bonchev–Trinajstić information content (AvgIpc) is 3.44. The Morgan fingerprint density at radius 3 is 2.63 bits per heavy atom. The molecular weight excluding hydrogens is 386 g/mol. The summed E-state index contributed by atoms with van der Waals surface area (Å²) in [6.45, 7) is 2.38. The maximum Gasteiger partial charge on any atom is 0.290 e. The lowest BCUT2D eigenvalue weighted by molar-refractivity contribution is -0.122. The lowest BCUT2D eigenvalue weighted by Crippen LogP contribution is -2.20. The first-order valence-electron chi connectivity index (χ1n) is 9.77. The van der Waals surface area contributed by atoms with Crippen molar-refractivity contribution in [3.63, 3.8) is 0 Å². The molecule has 0 saturated carbocycles. The van der Waals surface area contributed by atoms with Gasteiger partial charge < -0.3 is 23.9 Å².